The zero-order valence-corrected chi connectivity index (χ0v) is 39.7. The molecule has 8 heterocycles. The van der Waals surface area contributed by atoms with E-state index in [9.17, 15) is 9.59 Å². The van der Waals surface area contributed by atoms with Crippen LogP contribution in [-0.2, 0) is 9.59 Å². The molecule has 12 nitrogen and oxygen atoms in total. The lowest BCUT2D eigenvalue weighted by atomic mass is 9.71. The number of aromatic nitrogens is 6. The SMILES string of the molecule is CC[C@@H](C(=O)N1CC2(C1)CN(C(=O)[C@H](CC)[C@@H]1N=C(c3ccc(Cl)cc3)c3c(sc(C)c3C)-n3c(C)nnc31)C2)[C@@H]1N=C(c2ccc(Cl)cc2)c2c(sc(C)c2C)-n2c(C)nnc21. The second-order valence-corrected chi connectivity index (χ2v) is 20.9. The first-order chi connectivity index (χ1) is 30.2. The Labute approximate surface area is 384 Å². The molecule has 10 rings (SSSR count). The van der Waals surface area contributed by atoms with E-state index in [1.807, 2.05) is 86.0 Å². The van der Waals surface area contributed by atoms with Gasteiger partial charge in [-0.1, -0.05) is 61.3 Å². The summed E-state index contributed by atoms with van der Waals surface area (Å²) >= 11 is 16.1. The van der Waals surface area contributed by atoms with Crippen LogP contribution < -0.4 is 0 Å². The van der Waals surface area contributed by atoms with Crippen LogP contribution in [-0.4, -0.2) is 88.7 Å². The molecule has 0 bridgehead atoms. The molecule has 6 aromatic rings. The first-order valence-corrected chi connectivity index (χ1v) is 23.9. The van der Waals surface area contributed by atoms with Gasteiger partial charge in [0.15, 0.2) is 11.6 Å². The van der Waals surface area contributed by atoms with Gasteiger partial charge in [-0.25, -0.2) is 0 Å². The minimum atomic E-state index is -0.559. The molecule has 324 valence electrons. The molecule has 4 aromatic heterocycles. The summed E-state index contributed by atoms with van der Waals surface area (Å²) < 4.78 is 4.21. The average molecular weight is 920 g/mol. The molecule has 2 aromatic carbocycles. The third kappa shape index (κ3) is 6.65. The fourth-order valence-electron chi connectivity index (χ4n) is 10.0. The molecule has 63 heavy (non-hydrogen) atoms. The summed E-state index contributed by atoms with van der Waals surface area (Å²) in [6, 6.07) is 14.4. The van der Waals surface area contributed by atoms with Crippen LogP contribution in [0.1, 0.15) is 105 Å². The Morgan fingerprint density at radius 2 is 0.984 bits per heavy atom. The van der Waals surface area contributed by atoms with E-state index in [4.69, 9.17) is 43.4 Å². The quantitative estimate of drug-likeness (QED) is 0.150. The Bertz CT molecular complexity index is 2690. The molecule has 0 radical (unpaired) electrons. The number of aryl methyl sites for hydroxylation is 4. The summed E-state index contributed by atoms with van der Waals surface area (Å²) in [7, 11) is 0. The van der Waals surface area contributed by atoms with Crippen molar-refractivity contribution in [3.8, 4) is 10.0 Å². The Hall–Kier alpha value is -5.02. The van der Waals surface area contributed by atoms with Crippen LogP contribution in [0.25, 0.3) is 10.0 Å². The number of hydrogen-bond acceptors (Lipinski definition) is 10. The van der Waals surface area contributed by atoms with E-state index in [0.717, 1.165) is 66.5 Å². The molecule has 2 amide bonds. The van der Waals surface area contributed by atoms with Gasteiger partial charge in [0.25, 0.3) is 0 Å². The molecule has 4 aliphatic rings. The van der Waals surface area contributed by atoms with Crippen LogP contribution in [0.2, 0.25) is 10.0 Å². The molecule has 0 unspecified atom stereocenters. The van der Waals surface area contributed by atoms with Crippen molar-refractivity contribution in [2.75, 3.05) is 26.2 Å². The predicted octanol–water partition coefficient (Wildman–Crippen LogP) is 9.34. The van der Waals surface area contributed by atoms with Gasteiger partial charge in [0.1, 0.15) is 33.7 Å². The van der Waals surface area contributed by atoms with Crippen molar-refractivity contribution in [1.29, 1.82) is 0 Å². The topological polar surface area (TPSA) is 127 Å². The van der Waals surface area contributed by atoms with Crippen molar-refractivity contribution in [3.63, 3.8) is 0 Å². The van der Waals surface area contributed by atoms with E-state index in [0.29, 0.717) is 60.7 Å². The number of thiophene rings is 2. The first kappa shape index (κ1) is 42.0. The summed E-state index contributed by atoms with van der Waals surface area (Å²) in [4.78, 5) is 46.6. The average Bonchev–Trinajstić information content (AvgIpc) is 3.92. The molecule has 2 saturated heterocycles. The van der Waals surface area contributed by atoms with Crippen LogP contribution in [0.15, 0.2) is 58.5 Å². The number of benzene rings is 2. The number of hydrogen-bond donors (Lipinski definition) is 0. The predicted molar refractivity (Wildman–Crippen MR) is 250 cm³/mol. The van der Waals surface area contributed by atoms with E-state index in [2.05, 4.69) is 47.0 Å². The number of likely N-dealkylation sites (tertiary alicyclic amines) is 2. The third-order valence-corrected chi connectivity index (χ3v) is 16.5. The van der Waals surface area contributed by atoms with E-state index >= 15 is 0 Å². The van der Waals surface area contributed by atoms with Gasteiger partial charge >= 0.3 is 0 Å². The highest BCUT2D eigenvalue weighted by atomic mass is 35.5. The van der Waals surface area contributed by atoms with E-state index in [1.54, 1.807) is 22.7 Å². The number of fused-ring (bicyclic) bond motifs is 6. The summed E-state index contributed by atoms with van der Waals surface area (Å²) in [5.41, 5.74) is 7.74. The van der Waals surface area contributed by atoms with Crippen molar-refractivity contribution >= 4 is 69.1 Å². The van der Waals surface area contributed by atoms with Crippen LogP contribution >= 0.6 is 45.9 Å². The first-order valence-electron chi connectivity index (χ1n) is 21.5. The van der Waals surface area contributed by atoms with E-state index < -0.39 is 23.9 Å². The van der Waals surface area contributed by atoms with Crippen molar-refractivity contribution < 1.29 is 9.59 Å². The van der Waals surface area contributed by atoms with Crippen LogP contribution in [0, 0.1) is 58.8 Å². The minimum Gasteiger partial charge on any atom is -0.341 e. The normalized spacial score (nSPS) is 19.4. The summed E-state index contributed by atoms with van der Waals surface area (Å²) in [6.45, 7) is 18.8. The number of halogens is 2. The fraction of sp³-hybridized carbons (Fsp3) is 0.404. The van der Waals surface area contributed by atoms with Gasteiger partial charge < -0.3 is 9.80 Å². The smallest absolute Gasteiger partial charge is 0.228 e. The maximum Gasteiger partial charge on any atom is 0.228 e. The third-order valence-electron chi connectivity index (χ3n) is 13.6. The monoisotopic (exact) mass is 918 g/mol. The Morgan fingerprint density at radius 3 is 1.33 bits per heavy atom. The highest BCUT2D eigenvalue weighted by Gasteiger charge is 2.57. The number of aliphatic imine (C=N–C) groups is 2. The van der Waals surface area contributed by atoms with Gasteiger partial charge in [-0.15, -0.1) is 43.1 Å². The van der Waals surface area contributed by atoms with Gasteiger partial charge in [0, 0.05) is 73.6 Å². The second-order valence-electron chi connectivity index (χ2n) is 17.6. The Kier molecular flexibility index (Phi) is 10.4. The summed E-state index contributed by atoms with van der Waals surface area (Å²) in [6.07, 6.45) is 1.14. The highest BCUT2D eigenvalue weighted by molar-refractivity contribution is 7.15. The summed E-state index contributed by atoms with van der Waals surface area (Å²) in [5.74, 6) is 2.01. The molecule has 0 aliphatic carbocycles. The minimum absolute atomic E-state index is 0.0455. The standard InChI is InChI=1S/C47H48Cl2N10O2S2/c1-9-33(39-41-54-52-27(7)58(41)45-35(23(3)25(5)62-45)37(50-39)29-11-15-31(48)16-12-29)43(60)56-19-47(20-56)21-57(22-47)44(61)34(10-2)40-42-55-53-28(8)59(42)46-36(24(4)26(6)63-46)38(51-40)30-13-17-32(49)18-14-30/h11-18,33-34,39-40H,9-10,19-22H2,1-8H3/t33-,34-,39+,40+/m1/s1. The molecular formula is C47H48Cl2N10O2S2. The Balaban J connectivity index is 0.908. The van der Waals surface area contributed by atoms with Crippen molar-refractivity contribution in [2.45, 2.75) is 80.3 Å². The van der Waals surface area contributed by atoms with Gasteiger partial charge in [-0.05, 0) is 89.8 Å². The van der Waals surface area contributed by atoms with E-state index in [1.165, 1.54) is 9.75 Å². The number of amides is 2. The van der Waals surface area contributed by atoms with Gasteiger partial charge in [0.2, 0.25) is 11.8 Å². The largest absolute Gasteiger partial charge is 0.341 e. The summed E-state index contributed by atoms with van der Waals surface area (Å²) in [5, 5.41) is 21.8. The highest BCUT2D eigenvalue weighted by Crippen LogP contribution is 2.47. The molecule has 4 atom stereocenters. The lowest BCUT2D eigenvalue weighted by molar-refractivity contribution is -0.174. The van der Waals surface area contributed by atoms with Gasteiger partial charge in [-0.2, -0.15) is 0 Å². The molecular weight excluding hydrogens is 872 g/mol. The zero-order chi connectivity index (χ0) is 44.2. The van der Waals surface area contributed by atoms with Crippen molar-refractivity contribution in [1.82, 2.24) is 39.3 Å². The van der Waals surface area contributed by atoms with Crippen LogP contribution in [0.3, 0.4) is 0 Å². The van der Waals surface area contributed by atoms with Crippen molar-refractivity contribution in [2.24, 2.45) is 27.2 Å². The number of carbonyl (C=O) groups is 2. The van der Waals surface area contributed by atoms with Gasteiger partial charge in [0.05, 0.1) is 23.3 Å². The maximum absolute atomic E-state index is 14.7. The lowest BCUT2D eigenvalue weighted by Gasteiger charge is -2.61. The van der Waals surface area contributed by atoms with E-state index in [-0.39, 0.29) is 17.2 Å². The zero-order valence-electron chi connectivity index (χ0n) is 36.5. The number of carbonyl (C=O) groups excluding carboxylic acids is 2. The molecule has 1 spiro atoms. The van der Waals surface area contributed by atoms with Crippen molar-refractivity contribution in [3.05, 3.63) is 125 Å². The van der Waals surface area contributed by atoms with Crippen LogP contribution in [0.4, 0.5) is 0 Å². The molecule has 4 aliphatic heterocycles. The number of rotatable bonds is 8. The molecule has 0 saturated carbocycles. The van der Waals surface area contributed by atoms with Gasteiger partial charge in [-0.3, -0.25) is 28.7 Å². The fourth-order valence-corrected chi connectivity index (χ4v) is 12.7. The molecule has 16 heteroatoms. The number of nitrogens with zero attached hydrogens (tertiary/aromatic N) is 10. The molecule has 2 fully saturated rings. The molecule has 0 N–H and O–H groups in total. The Morgan fingerprint density at radius 1 is 0.619 bits per heavy atom. The lowest BCUT2D eigenvalue weighted by Crippen LogP contribution is -2.74. The van der Waals surface area contributed by atoms with Crippen LogP contribution in [0.5, 0.6) is 0 Å². The second kappa shape index (κ2) is 15.6. The maximum atomic E-state index is 14.7.